The number of rotatable bonds is 6. The fourth-order valence-corrected chi connectivity index (χ4v) is 3.91. The first kappa shape index (κ1) is 20.7. The summed E-state index contributed by atoms with van der Waals surface area (Å²) >= 11 is 6.10. The van der Waals surface area contributed by atoms with Crippen LogP contribution in [0.1, 0.15) is 22.8 Å². The Balaban J connectivity index is 2.39. The van der Waals surface area contributed by atoms with Crippen molar-refractivity contribution in [3.05, 3.63) is 58.6 Å². The highest BCUT2D eigenvalue weighted by Gasteiger charge is 2.30. The molecular formula is C18H20ClN3O4S. The summed E-state index contributed by atoms with van der Waals surface area (Å²) in [4.78, 5) is 24.2. The molecule has 1 atom stereocenters. The quantitative estimate of drug-likeness (QED) is 0.763. The van der Waals surface area contributed by atoms with E-state index >= 15 is 0 Å². The molecule has 2 amide bonds. The fraction of sp³-hybridized carbons (Fsp3) is 0.222. The lowest BCUT2D eigenvalue weighted by molar-refractivity contribution is -0.116. The van der Waals surface area contributed by atoms with E-state index in [1.54, 1.807) is 31.2 Å². The molecule has 0 spiro atoms. The molecule has 3 N–H and O–H groups in total. The van der Waals surface area contributed by atoms with Gasteiger partial charge < -0.3 is 11.1 Å². The second kappa shape index (κ2) is 7.98. The maximum atomic E-state index is 12.7. The second-order valence-electron chi connectivity index (χ2n) is 6.07. The zero-order valence-electron chi connectivity index (χ0n) is 15.1. The standard InChI is InChI=1S/C18H20ClN3O4S/c1-11-8-9-13(10-15(11)19)22(27(3,25)26)12(2)18(24)21-16-7-5-4-6-14(16)17(20)23/h4-10,12H,1-3H3,(H2,20,23)(H,21,24). The monoisotopic (exact) mass is 409 g/mol. The molecule has 7 nitrogen and oxygen atoms in total. The first-order valence-electron chi connectivity index (χ1n) is 7.97. The molecular weight excluding hydrogens is 390 g/mol. The summed E-state index contributed by atoms with van der Waals surface area (Å²) in [6.45, 7) is 3.23. The summed E-state index contributed by atoms with van der Waals surface area (Å²) in [5, 5.41) is 2.94. The largest absolute Gasteiger partial charge is 0.366 e. The summed E-state index contributed by atoms with van der Waals surface area (Å²) in [5.74, 6) is -1.32. The number of para-hydroxylation sites is 1. The normalized spacial score (nSPS) is 12.3. The topological polar surface area (TPSA) is 110 Å². The maximum absolute atomic E-state index is 12.7. The van der Waals surface area contributed by atoms with Gasteiger partial charge >= 0.3 is 0 Å². The average molecular weight is 410 g/mol. The minimum Gasteiger partial charge on any atom is -0.366 e. The summed E-state index contributed by atoms with van der Waals surface area (Å²) in [5.41, 5.74) is 6.68. The number of anilines is 2. The third-order valence-electron chi connectivity index (χ3n) is 3.95. The summed E-state index contributed by atoms with van der Waals surface area (Å²) in [6, 6.07) is 9.84. The Morgan fingerprint density at radius 3 is 2.37 bits per heavy atom. The number of carbonyl (C=O) groups excluding carboxylic acids is 2. The number of halogens is 1. The molecule has 9 heteroatoms. The Morgan fingerprint density at radius 1 is 1.19 bits per heavy atom. The maximum Gasteiger partial charge on any atom is 0.250 e. The van der Waals surface area contributed by atoms with Crippen LogP contribution in [0.3, 0.4) is 0 Å². The van der Waals surface area contributed by atoms with Crippen molar-refractivity contribution in [3.8, 4) is 0 Å². The summed E-state index contributed by atoms with van der Waals surface area (Å²) < 4.78 is 25.6. The van der Waals surface area contributed by atoms with Crippen LogP contribution in [0.5, 0.6) is 0 Å². The number of sulfonamides is 1. The molecule has 0 aliphatic rings. The Morgan fingerprint density at radius 2 is 1.81 bits per heavy atom. The molecule has 0 aliphatic carbocycles. The zero-order valence-corrected chi connectivity index (χ0v) is 16.6. The van der Waals surface area contributed by atoms with Crippen LogP contribution in [0.25, 0.3) is 0 Å². The van der Waals surface area contributed by atoms with Crippen molar-refractivity contribution in [1.29, 1.82) is 0 Å². The van der Waals surface area contributed by atoms with Gasteiger partial charge in [-0.1, -0.05) is 29.8 Å². The number of amides is 2. The Labute approximate surface area is 163 Å². The highest BCUT2D eigenvalue weighted by atomic mass is 35.5. The highest BCUT2D eigenvalue weighted by Crippen LogP contribution is 2.27. The highest BCUT2D eigenvalue weighted by molar-refractivity contribution is 7.92. The van der Waals surface area contributed by atoms with E-state index in [1.807, 2.05) is 0 Å². The van der Waals surface area contributed by atoms with E-state index in [-0.39, 0.29) is 16.9 Å². The molecule has 0 saturated carbocycles. The lowest BCUT2D eigenvalue weighted by Gasteiger charge is -2.28. The van der Waals surface area contributed by atoms with Gasteiger partial charge in [-0.3, -0.25) is 13.9 Å². The molecule has 0 saturated heterocycles. The van der Waals surface area contributed by atoms with Crippen LogP contribution in [0, 0.1) is 6.92 Å². The SMILES string of the molecule is Cc1ccc(N(C(C)C(=O)Nc2ccccc2C(N)=O)S(C)(=O)=O)cc1Cl. The van der Waals surface area contributed by atoms with Gasteiger partial charge in [0.15, 0.2) is 0 Å². The molecule has 2 aromatic carbocycles. The lowest BCUT2D eigenvalue weighted by Crippen LogP contribution is -2.45. The van der Waals surface area contributed by atoms with Gasteiger partial charge in [-0.25, -0.2) is 8.42 Å². The first-order chi connectivity index (χ1) is 12.5. The number of hydrogen-bond donors (Lipinski definition) is 2. The van der Waals surface area contributed by atoms with Crippen LogP contribution in [0.2, 0.25) is 5.02 Å². The van der Waals surface area contributed by atoms with E-state index in [4.69, 9.17) is 17.3 Å². The second-order valence-corrected chi connectivity index (χ2v) is 8.33. The van der Waals surface area contributed by atoms with Crippen LogP contribution >= 0.6 is 11.6 Å². The van der Waals surface area contributed by atoms with Crippen molar-refractivity contribution in [1.82, 2.24) is 0 Å². The number of hydrogen-bond acceptors (Lipinski definition) is 4. The summed E-state index contributed by atoms with van der Waals surface area (Å²) in [6.07, 6.45) is 1.00. The predicted molar refractivity (Wildman–Crippen MR) is 107 cm³/mol. The number of nitrogens with zero attached hydrogens (tertiary/aromatic N) is 1. The molecule has 2 rings (SSSR count). The molecule has 144 valence electrons. The van der Waals surface area contributed by atoms with Crippen LogP contribution in [-0.2, 0) is 14.8 Å². The van der Waals surface area contributed by atoms with Gasteiger partial charge in [-0.15, -0.1) is 0 Å². The molecule has 0 aromatic heterocycles. The minimum absolute atomic E-state index is 0.127. The molecule has 0 heterocycles. The lowest BCUT2D eigenvalue weighted by atomic mass is 10.1. The average Bonchev–Trinajstić information content (AvgIpc) is 2.57. The Kier molecular flexibility index (Phi) is 6.12. The Bertz CT molecular complexity index is 992. The number of nitrogens with one attached hydrogen (secondary N) is 1. The zero-order chi connectivity index (χ0) is 20.4. The van der Waals surface area contributed by atoms with Crippen molar-refractivity contribution >= 4 is 44.8 Å². The van der Waals surface area contributed by atoms with E-state index in [9.17, 15) is 18.0 Å². The van der Waals surface area contributed by atoms with Crippen molar-refractivity contribution in [3.63, 3.8) is 0 Å². The van der Waals surface area contributed by atoms with Crippen molar-refractivity contribution in [2.45, 2.75) is 19.9 Å². The molecule has 1 unspecified atom stereocenters. The number of nitrogens with two attached hydrogens (primary N) is 1. The number of carbonyl (C=O) groups is 2. The van der Waals surface area contributed by atoms with Crippen molar-refractivity contribution in [2.24, 2.45) is 5.73 Å². The summed E-state index contributed by atoms with van der Waals surface area (Å²) in [7, 11) is -3.79. The predicted octanol–water partition coefficient (Wildman–Crippen LogP) is 2.54. The van der Waals surface area contributed by atoms with Gasteiger partial charge in [0.2, 0.25) is 15.9 Å². The number of primary amides is 1. The molecule has 0 radical (unpaired) electrons. The molecule has 0 fully saturated rings. The first-order valence-corrected chi connectivity index (χ1v) is 10.2. The van der Waals surface area contributed by atoms with Crippen LogP contribution in [-0.4, -0.2) is 32.5 Å². The van der Waals surface area contributed by atoms with Gasteiger partial charge in [-0.2, -0.15) is 0 Å². The minimum atomic E-state index is -3.79. The van der Waals surface area contributed by atoms with Gasteiger partial charge in [0.1, 0.15) is 6.04 Å². The van der Waals surface area contributed by atoms with E-state index in [2.05, 4.69) is 5.32 Å². The Hall–Kier alpha value is -2.58. The van der Waals surface area contributed by atoms with E-state index in [0.717, 1.165) is 16.1 Å². The van der Waals surface area contributed by atoms with E-state index in [1.165, 1.54) is 25.1 Å². The molecule has 27 heavy (non-hydrogen) atoms. The van der Waals surface area contributed by atoms with Crippen molar-refractivity contribution in [2.75, 3.05) is 15.9 Å². The van der Waals surface area contributed by atoms with Gasteiger partial charge in [0, 0.05) is 5.02 Å². The van der Waals surface area contributed by atoms with Crippen LogP contribution < -0.4 is 15.4 Å². The molecule has 0 aliphatic heterocycles. The third-order valence-corrected chi connectivity index (χ3v) is 5.60. The van der Waals surface area contributed by atoms with E-state index < -0.39 is 27.9 Å². The van der Waals surface area contributed by atoms with Gasteiger partial charge in [0.05, 0.1) is 23.2 Å². The van der Waals surface area contributed by atoms with Gasteiger partial charge in [0.25, 0.3) is 5.91 Å². The van der Waals surface area contributed by atoms with E-state index in [0.29, 0.717) is 5.02 Å². The van der Waals surface area contributed by atoms with Crippen LogP contribution in [0.15, 0.2) is 42.5 Å². The molecule has 0 bridgehead atoms. The smallest absolute Gasteiger partial charge is 0.250 e. The molecule has 2 aromatic rings. The number of aryl methyl sites for hydroxylation is 1. The number of benzene rings is 2. The van der Waals surface area contributed by atoms with Crippen molar-refractivity contribution < 1.29 is 18.0 Å². The third kappa shape index (κ3) is 4.78. The fourth-order valence-electron chi connectivity index (χ4n) is 2.57. The van der Waals surface area contributed by atoms with Gasteiger partial charge in [-0.05, 0) is 43.7 Å². The van der Waals surface area contributed by atoms with Crippen LogP contribution in [0.4, 0.5) is 11.4 Å².